The first-order valence-electron chi connectivity index (χ1n) is 8.58. The average molecular weight is 370 g/mol. The molecule has 0 saturated carbocycles. The molecule has 0 aliphatic heterocycles. The van der Waals surface area contributed by atoms with Gasteiger partial charge in [-0.25, -0.2) is 9.97 Å². The SMILES string of the molecule is COc1ccccc1-c1c2c(=O)n(-c3ccccn3)ccc2nc2ncnn12. The van der Waals surface area contributed by atoms with Gasteiger partial charge >= 0.3 is 0 Å². The molecule has 4 aromatic heterocycles. The Labute approximate surface area is 158 Å². The van der Waals surface area contributed by atoms with Crippen LogP contribution in [0.1, 0.15) is 0 Å². The Hall–Kier alpha value is -4.07. The standard InChI is InChI=1S/C20H14N6O2/c1-28-15-7-3-2-6-13(15)18-17-14(24-20-22-12-23-26(18)20)9-11-25(19(17)27)16-8-4-5-10-21-16/h2-12H,1H3. The van der Waals surface area contributed by atoms with Crippen LogP contribution in [-0.2, 0) is 0 Å². The van der Waals surface area contributed by atoms with E-state index in [0.717, 1.165) is 5.56 Å². The van der Waals surface area contributed by atoms with Gasteiger partial charge in [0.25, 0.3) is 11.3 Å². The number of rotatable bonds is 3. The molecule has 0 radical (unpaired) electrons. The number of methoxy groups -OCH3 is 1. The molecule has 0 amide bonds. The van der Waals surface area contributed by atoms with Crippen molar-refractivity contribution in [2.24, 2.45) is 0 Å². The fourth-order valence-electron chi connectivity index (χ4n) is 3.29. The molecule has 0 atom stereocenters. The van der Waals surface area contributed by atoms with Crippen molar-refractivity contribution >= 4 is 16.7 Å². The van der Waals surface area contributed by atoms with Gasteiger partial charge in [0.05, 0.1) is 23.7 Å². The van der Waals surface area contributed by atoms with Crippen LogP contribution in [0.15, 0.2) is 72.0 Å². The molecular formula is C20H14N6O2. The van der Waals surface area contributed by atoms with E-state index in [1.807, 2.05) is 30.3 Å². The summed E-state index contributed by atoms with van der Waals surface area (Å²) < 4.78 is 8.58. The predicted molar refractivity (Wildman–Crippen MR) is 104 cm³/mol. The maximum absolute atomic E-state index is 13.5. The van der Waals surface area contributed by atoms with Crippen molar-refractivity contribution in [3.05, 3.63) is 77.6 Å². The van der Waals surface area contributed by atoms with Crippen LogP contribution in [0.25, 0.3) is 33.8 Å². The zero-order valence-corrected chi connectivity index (χ0v) is 14.9. The van der Waals surface area contributed by atoms with E-state index < -0.39 is 0 Å². The Bertz CT molecular complexity index is 1370. The molecule has 8 heteroatoms. The molecule has 8 nitrogen and oxygen atoms in total. The van der Waals surface area contributed by atoms with Crippen molar-refractivity contribution in [1.82, 2.24) is 29.1 Å². The lowest BCUT2D eigenvalue weighted by Crippen LogP contribution is -2.20. The summed E-state index contributed by atoms with van der Waals surface area (Å²) in [6.07, 6.45) is 4.72. The normalized spacial score (nSPS) is 11.2. The Kier molecular flexibility index (Phi) is 3.61. The van der Waals surface area contributed by atoms with Gasteiger partial charge in [-0.2, -0.15) is 14.6 Å². The molecule has 0 unspecified atom stereocenters. The largest absolute Gasteiger partial charge is 0.496 e. The fraction of sp³-hybridized carbons (Fsp3) is 0.0500. The van der Waals surface area contributed by atoms with Crippen molar-refractivity contribution in [1.29, 1.82) is 0 Å². The van der Waals surface area contributed by atoms with Gasteiger partial charge in [0, 0.05) is 18.0 Å². The molecule has 0 bridgehead atoms. The Morgan fingerprint density at radius 1 is 1.00 bits per heavy atom. The molecular weight excluding hydrogens is 356 g/mol. The molecule has 0 N–H and O–H groups in total. The number of benzene rings is 1. The highest BCUT2D eigenvalue weighted by Crippen LogP contribution is 2.33. The average Bonchev–Trinajstić information content (AvgIpc) is 3.21. The minimum Gasteiger partial charge on any atom is -0.496 e. The van der Waals surface area contributed by atoms with Crippen molar-refractivity contribution < 1.29 is 4.74 Å². The molecule has 0 aliphatic rings. The van der Waals surface area contributed by atoms with Crippen LogP contribution in [0, 0.1) is 0 Å². The smallest absolute Gasteiger partial charge is 0.267 e. The van der Waals surface area contributed by atoms with Gasteiger partial charge in [0.1, 0.15) is 17.9 Å². The number of para-hydroxylation sites is 1. The first kappa shape index (κ1) is 16.1. The zero-order valence-electron chi connectivity index (χ0n) is 14.9. The molecule has 28 heavy (non-hydrogen) atoms. The van der Waals surface area contributed by atoms with Gasteiger partial charge < -0.3 is 4.74 Å². The molecule has 5 rings (SSSR count). The van der Waals surface area contributed by atoms with Crippen molar-refractivity contribution in [2.45, 2.75) is 0 Å². The molecule has 0 aliphatic carbocycles. The molecule has 1 aromatic carbocycles. The van der Waals surface area contributed by atoms with E-state index in [4.69, 9.17) is 4.74 Å². The quantitative estimate of drug-likeness (QED) is 0.485. The van der Waals surface area contributed by atoms with Crippen LogP contribution in [0.2, 0.25) is 0 Å². The Morgan fingerprint density at radius 3 is 2.68 bits per heavy atom. The number of hydrogen-bond acceptors (Lipinski definition) is 6. The van der Waals surface area contributed by atoms with Gasteiger partial charge in [-0.1, -0.05) is 18.2 Å². The van der Waals surface area contributed by atoms with Crippen molar-refractivity contribution in [3.63, 3.8) is 0 Å². The first-order valence-corrected chi connectivity index (χ1v) is 8.58. The minimum atomic E-state index is -0.248. The number of pyridine rings is 2. The number of fused-ring (bicyclic) bond motifs is 2. The number of nitrogens with zero attached hydrogens (tertiary/aromatic N) is 6. The summed E-state index contributed by atoms with van der Waals surface area (Å²) in [6, 6.07) is 14.7. The first-order chi connectivity index (χ1) is 13.8. The Morgan fingerprint density at radius 2 is 1.86 bits per heavy atom. The molecule has 4 heterocycles. The summed E-state index contributed by atoms with van der Waals surface area (Å²) in [5, 5.41) is 4.70. The number of aromatic nitrogens is 6. The van der Waals surface area contributed by atoms with Gasteiger partial charge in [0.2, 0.25) is 0 Å². The maximum Gasteiger partial charge on any atom is 0.267 e. The van der Waals surface area contributed by atoms with Crippen LogP contribution in [-0.4, -0.2) is 36.2 Å². The zero-order chi connectivity index (χ0) is 19.1. The van der Waals surface area contributed by atoms with E-state index in [1.165, 1.54) is 10.9 Å². The van der Waals surface area contributed by atoms with E-state index in [0.29, 0.717) is 33.9 Å². The van der Waals surface area contributed by atoms with E-state index >= 15 is 0 Å². The van der Waals surface area contributed by atoms with Gasteiger partial charge in [-0.15, -0.1) is 0 Å². The van der Waals surface area contributed by atoms with Crippen LogP contribution < -0.4 is 10.3 Å². The highest BCUT2D eigenvalue weighted by atomic mass is 16.5. The van der Waals surface area contributed by atoms with Crippen LogP contribution in [0.4, 0.5) is 0 Å². The second-order valence-corrected chi connectivity index (χ2v) is 6.07. The highest BCUT2D eigenvalue weighted by Gasteiger charge is 2.20. The monoisotopic (exact) mass is 370 g/mol. The Balaban J connectivity index is 1.96. The van der Waals surface area contributed by atoms with Crippen molar-refractivity contribution in [3.8, 4) is 22.8 Å². The topological polar surface area (TPSA) is 87.2 Å². The van der Waals surface area contributed by atoms with E-state index in [9.17, 15) is 4.79 Å². The lowest BCUT2D eigenvalue weighted by molar-refractivity contribution is 0.416. The van der Waals surface area contributed by atoms with Crippen LogP contribution in [0.3, 0.4) is 0 Å². The van der Waals surface area contributed by atoms with Gasteiger partial charge in [-0.05, 0) is 30.3 Å². The lowest BCUT2D eigenvalue weighted by Gasteiger charge is -2.13. The van der Waals surface area contributed by atoms with E-state index in [1.54, 1.807) is 42.2 Å². The van der Waals surface area contributed by atoms with Crippen LogP contribution >= 0.6 is 0 Å². The predicted octanol–water partition coefficient (Wildman–Crippen LogP) is 2.50. The van der Waals surface area contributed by atoms with Gasteiger partial charge in [-0.3, -0.25) is 9.36 Å². The summed E-state index contributed by atoms with van der Waals surface area (Å²) in [6.45, 7) is 0. The number of hydrogen-bond donors (Lipinski definition) is 0. The summed E-state index contributed by atoms with van der Waals surface area (Å²) in [4.78, 5) is 26.4. The maximum atomic E-state index is 13.5. The molecule has 0 saturated heterocycles. The number of ether oxygens (including phenoxy) is 1. The van der Waals surface area contributed by atoms with E-state index in [-0.39, 0.29) is 5.56 Å². The summed E-state index contributed by atoms with van der Waals surface area (Å²) in [5.74, 6) is 1.56. The third kappa shape index (κ3) is 2.35. The molecule has 0 spiro atoms. The van der Waals surface area contributed by atoms with Crippen molar-refractivity contribution in [2.75, 3.05) is 7.11 Å². The minimum absolute atomic E-state index is 0.248. The lowest BCUT2D eigenvalue weighted by atomic mass is 10.1. The van der Waals surface area contributed by atoms with E-state index in [2.05, 4.69) is 20.1 Å². The summed E-state index contributed by atoms with van der Waals surface area (Å²) in [5.41, 5.74) is 1.58. The molecule has 5 aromatic rings. The third-order valence-electron chi connectivity index (χ3n) is 4.53. The second kappa shape index (κ2) is 6.27. The highest BCUT2D eigenvalue weighted by molar-refractivity contribution is 5.94. The molecule has 136 valence electrons. The van der Waals surface area contributed by atoms with Crippen LogP contribution in [0.5, 0.6) is 5.75 Å². The molecule has 0 fully saturated rings. The summed E-state index contributed by atoms with van der Waals surface area (Å²) in [7, 11) is 1.59. The fourth-order valence-corrected chi connectivity index (χ4v) is 3.29. The van der Waals surface area contributed by atoms with Gasteiger partial charge in [0.15, 0.2) is 0 Å². The second-order valence-electron chi connectivity index (χ2n) is 6.07. The third-order valence-corrected chi connectivity index (χ3v) is 4.53. The summed E-state index contributed by atoms with van der Waals surface area (Å²) >= 11 is 0.